The first-order valence-electron chi connectivity index (χ1n) is 6.13. The molecule has 1 N–H and O–H groups in total. The molecule has 2 heterocycles. The molecule has 1 aliphatic rings. The van der Waals surface area contributed by atoms with Crippen molar-refractivity contribution in [3.63, 3.8) is 0 Å². The smallest absolute Gasteiger partial charge is 0.0925 e. The van der Waals surface area contributed by atoms with Crippen molar-refractivity contribution in [2.75, 3.05) is 20.1 Å². The van der Waals surface area contributed by atoms with Crippen LogP contribution in [-0.2, 0) is 13.0 Å². The molecular formula is C12H21N3S. The summed E-state index contributed by atoms with van der Waals surface area (Å²) in [6.07, 6.45) is 5.62. The second-order valence-corrected chi connectivity index (χ2v) is 5.73. The minimum absolute atomic E-state index is 0.698. The Balaban J connectivity index is 1.74. The SMILES string of the molecule is CCc1ncc(CNC2CCN(C)CC2)s1. The lowest BCUT2D eigenvalue weighted by molar-refractivity contribution is 0.234. The molecule has 0 amide bonds. The third kappa shape index (κ3) is 3.27. The molecule has 2 rings (SSSR count). The average Bonchev–Trinajstić information content (AvgIpc) is 2.76. The largest absolute Gasteiger partial charge is 0.309 e. The fourth-order valence-corrected chi connectivity index (χ4v) is 2.86. The normalized spacial score (nSPS) is 19.1. The number of piperidine rings is 1. The van der Waals surface area contributed by atoms with E-state index in [4.69, 9.17) is 0 Å². The Morgan fingerprint density at radius 2 is 2.25 bits per heavy atom. The number of aryl methyl sites for hydroxylation is 1. The second-order valence-electron chi connectivity index (χ2n) is 4.53. The highest BCUT2D eigenvalue weighted by Crippen LogP contribution is 2.14. The molecule has 0 bridgehead atoms. The van der Waals surface area contributed by atoms with Gasteiger partial charge < -0.3 is 10.2 Å². The van der Waals surface area contributed by atoms with Crippen molar-refractivity contribution in [2.24, 2.45) is 0 Å². The number of nitrogens with zero attached hydrogens (tertiary/aromatic N) is 2. The highest BCUT2D eigenvalue weighted by atomic mass is 32.1. The number of aromatic nitrogens is 1. The average molecular weight is 239 g/mol. The van der Waals surface area contributed by atoms with Crippen LogP contribution in [0.15, 0.2) is 6.20 Å². The summed E-state index contributed by atoms with van der Waals surface area (Å²) < 4.78 is 0. The molecule has 1 aromatic heterocycles. The van der Waals surface area contributed by atoms with Gasteiger partial charge in [-0.3, -0.25) is 0 Å². The number of likely N-dealkylation sites (tertiary alicyclic amines) is 1. The van der Waals surface area contributed by atoms with Crippen LogP contribution in [0.1, 0.15) is 29.7 Å². The molecule has 16 heavy (non-hydrogen) atoms. The fraction of sp³-hybridized carbons (Fsp3) is 0.750. The Labute approximate surface area is 102 Å². The second kappa shape index (κ2) is 5.75. The monoisotopic (exact) mass is 239 g/mol. The van der Waals surface area contributed by atoms with Crippen LogP contribution in [0.25, 0.3) is 0 Å². The Bertz CT molecular complexity index is 316. The van der Waals surface area contributed by atoms with Crippen LogP contribution in [0, 0.1) is 0 Å². The third-order valence-corrected chi connectivity index (χ3v) is 4.33. The summed E-state index contributed by atoms with van der Waals surface area (Å²) in [6, 6.07) is 0.698. The van der Waals surface area contributed by atoms with Gasteiger partial charge in [-0.05, 0) is 39.4 Å². The molecule has 1 aromatic rings. The number of nitrogens with one attached hydrogen (secondary N) is 1. The van der Waals surface area contributed by atoms with E-state index in [1.54, 1.807) is 0 Å². The number of hydrogen-bond acceptors (Lipinski definition) is 4. The first-order valence-corrected chi connectivity index (χ1v) is 6.95. The molecule has 0 unspecified atom stereocenters. The molecule has 0 atom stereocenters. The Morgan fingerprint density at radius 1 is 1.50 bits per heavy atom. The van der Waals surface area contributed by atoms with Gasteiger partial charge in [0.15, 0.2) is 0 Å². The van der Waals surface area contributed by atoms with Gasteiger partial charge in [-0.15, -0.1) is 11.3 Å². The van der Waals surface area contributed by atoms with E-state index < -0.39 is 0 Å². The minimum Gasteiger partial charge on any atom is -0.309 e. The zero-order valence-corrected chi connectivity index (χ0v) is 11.0. The van der Waals surface area contributed by atoms with E-state index in [9.17, 15) is 0 Å². The van der Waals surface area contributed by atoms with Crippen molar-refractivity contribution >= 4 is 11.3 Å². The van der Waals surface area contributed by atoms with E-state index in [1.165, 1.54) is 35.8 Å². The quantitative estimate of drug-likeness (QED) is 0.869. The predicted molar refractivity (Wildman–Crippen MR) is 68.9 cm³/mol. The van der Waals surface area contributed by atoms with Crippen LogP contribution in [0.4, 0.5) is 0 Å². The van der Waals surface area contributed by atoms with E-state index in [-0.39, 0.29) is 0 Å². The number of thiazole rings is 1. The van der Waals surface area contributed by atoms with Crippen molar-refractivity contribution in [3.05, 3.63) is 16.1 Å². The van der Waals surface area contributed by atoms with Crippen LogP contribution in [0.5, 0.6) is 0 Å². The maximum atomic E-state index is 4.38. The third-order valence-electron chi connectivity index (χ3n) is 3.19. The lowest BCUT2D eigenvalue weighted by atomic mass is 10.1. The van der Waals surface area contributed by atoms with Gasteiger partial charge in [-0.25, -0.2) is 4.98 Å². The summed E-state index contributed by atoms with van der Waals surface area (Å²) in [5.74, 6) is 0. The predicted octanol–water partition coefficient (Wildman–Crippen LogP) is 1.89. The molecule has 0 saturated carbocycles. The summed E-state index contributed by atoms with van der Waals surface area (Å²) in [5.41, 5.74) is 0. The Kier molecular flexibility index (Phi) is 4.32. The molecule has 4 heteroatoms. The van der Waals surface area contributed by atoms with E-state index >= 15 is 0 Å². The zero-order chi connectivity index (χ0) is 11.4. The summed E-state index contributed by atoms with van der Waals surface area (Å²) in [7, 11) is 2.20. The molecule has 0 radical (unpaired) electrons. The first-order chi connectivity index (χ1) is 7.78. The lowest BCUT2D eigenvalue weighted by Crippen LogP contribution is -2.40. The van der Waals surface area contributed by atoms with Crippen LogP contribution in [0.3, 0.4) is 0 Å². The van der Waals surface area contributed by atoms with Gasteiger partial charge in [-0.2, -0.15) is 0 Å². The standard InChI is InChI=1S/C12H21N3S/c1-3-12-14-9-11(16-12)8-13-10-4-6-15(2)7-5-10/h9-10,13H,3-8H2,1-2H3. The number of hydrogen-bond donors (Lipinski definition) is 1. The van der Waals surface area contributed by atoms with Gasteiger partial charge in [-0.1, -0.05) is 6.92 Å². The van der Waals surface area contributed by atoms with Crippen molar-refractivity contribution in [2.45, 2.75) is 38.8 Å². The molecule has 1 fully saturated rings. The topological polar surface area (TPSA) is 28.2 Å². The van der Waals surface area contributed by atoms with Crippen LogP contribution >= 0.6 is 11.3 Å². The molecule has 90 valence electrons. The van der Waals surface area contributed by atoms with E-state index in [2.05, 4.69) is 29.2 Å². The van der Waals surface area contributed by atoms with Crippen molar-refractivity contribution in [1.82, 2.24) is 15.2 Å². The minimum atomic E-state index is 0.698. The van der Waals surface area contributed by atoms with Crippen molar-refractivity contribution in [1.29, 1.82) is 0 Å². The molecule has 3 nitrogen and oxygen atoms in total. The molecule has 0 aliphatic carbocycles. The van der Waals surface area contributed by atoms with E-state index in [0.717, 1.165) is 13.0 Å². The number of rotatable bonds is 4. The molecule has 0 spiro atoms. The maximum Gasteiger partial charge on any atom is 0.0925 e. The zero-order valence-electron chi connectivity index (χ0n) is 10.2. The Hall–Kier alpha value is -0.450. The van der Waals surface area contributed by atoms with Gasteiger partial charge in [0.25, 0.3) is 0 Å². The van der Waals surface area contributed by atoms with E-state index in [0.29, 0.717) is 6.04 Å². The fourth-order valence-electron chi connectivity index (χ4n) is 2.05. The first kappa shape index (κ1) is 12.0. The van der Waals surface area contributed by atoms with Crippen molar-refractivity contribution in [3.8, 4) is 0 Å². The Morgan fingerprint density at radius 3 is 2.88 bits per heavy atom. The summed E-state index contributed by atoms with van der Waals surface area (Å²) >= 11 is 1.84. The van der Waals surface area contributed by atoms with Gasteiger partial charge in [0.1, 0.15) is 0 Å². The molecule has 1 aliphatic heterocycles. The highest BCUT2D eigenvalue weighted by Gasteiger charge is 2.15. The van der Waals surface area contributed by atoms with Gasteiger partial charge in [0.05, 0.1) is 5.01 Å². The van der Waals surface area contributed by atoms with Gasteiger partial charge in [0.2, 0.25) is 0 Å². The highest BCUT2D eigenvalue weighted by molar-refractivity contribution is 7.11. The molecule has 1 saturated heterocycles. The van der Waals surface area contributed by atoms with Gasteiger partial charge >= 0.3 is 0 Å². The molecule has 0 aromatic carbocycles. The molecular weight excluding hydrogens is 218 g/mol. The van der Waals surface area contributed by atoms with Crippen LogP contribution in [-0.4, -0.2) is 36.1 Å². The van der Waals surface area contributed by atoms with Crippen molar-refractivity contribution < 1.29 is 0 Å². The van der Waals surface area contributed by atoms with Crippen LogP contribution in [0.2, 0.25) is 0 Å². The lowest BCUT2D eigenvalue weighted by Gasteiger charge is -2.29. The van der Waals surface area contributed by atoms with Gasteiger partial charge in [0, 0.05) is 23.7 Å². The summed E-state index contributed by atoms with van der Waals surface area (Å²) in [6.45, 7) is 5.60. The van der Waals surface area contributed by atoms with E-state index in [1.807, 2.05) is 17.5 Å². The van der Waals surface area contributed by atoms with Crippen LogP contribution < -0.4 is 5.32 Å². The summed E-state index contributed by atoms with van der Waals surface area (Å²) in [4.78, 5) is 8.15. The summed E-state index contributed by atoms with van der Waals surface area (Å²) in [5, 5.41) is 4.89. The maximum absolute atomic E-state index is 4.38.